The van der Waals surface area contributed by atoms with Crippen LogP contribution in [0.25, 0.3) is 17.2 Å². The van der Waals surface area contributed by atoms with Crippen molar-refractivity contribution in [3.8, 4) is 11.1 Å². The molecule has 2 aromatic carbocycles. The lowest BCUT2D eigenvalue weighted by Gasteiger charge is -2.14. The number of ether oxygens (including phenoxy) is 1. The fourth-order valence-corrected chi connectivity index (χ4v) is 4.34. The Bertz CT molecular complexity index is 944. The van der Waals surface area contributed by atoms with Crippen molar-refractivity contribution in [2.24, 2.45) is 0 Å². The van der Waals surface area contributed by atoms with Gasteiger partial charge in [-0.3, -0.25) is 0 Å². The van der Waals surface area contributed by atoms with Gasteiger partial charge >= 0.3 is 6.09 Å². The van der Waals surface area contributed by atoms with Crippen molar-refractivity contribution >= 4 is 23.5 Å². The van der Waals surface area contributed by atoms with Crippen molar-refractivity contribution in [3.05, 3.63) is 87.6 Å². The lowest BCUT2D eigenvalue weighted by Crippen LogP contribution is -2.26. The van der Waals surface area contributed by atoms with Crippen molar-refractivity contribution in [2.45, 2.75) is 12.8 Å². The normalized spacial score (nSPS) is 12.8. The summed E-state index contributed by atoms with van der Waals surface area (Å²) in [5.74, 6) is 0.0900. The number of amides is 1. The van der Waals surface area contributed by atoms with Gasteiger partial charge in [-0.2, -0.15) is 11.3 Å². The Morgan fingerprint density at radius 1 is 1.07 bits per heavy atom. The molecule has 4 rings (SSSR count). The van der Waals surface area contributed by atoms with Crippen molar-refractivity contribution in [1.29, 1.82) is 0 Å². The molecule has 0 saturated heterocycles. The average molecular weight is 375 g/mol. The van der Waals surface area contributed by atoms with Crippen molar-refractivity contribution < 1.29 is 9.53 Å². The molecule has 1 amide bonds. The predicted molar refractivity (Wildman–Crippen MR) is 111 cm³/mol. The van der Waals surface area contributed by atoms with Crippen LogP contribution in [-0.2, 0) is 4.74 Å². The topological polar surface area (TPSA) is 38.3 Å². The SMILES string of the molecule is Cc1cscc1C=CCNC(=O)OCC1c2ccccc2-c2ccccc21. The highest BCUT2D eigenvalue weighted by Crippen LogP contribution is 2.44. The molecular formula is C23H21NO2S. The van der Waals surface area contributed by atoms with Gasteiger partial charge in [-0.15, -0.1) is 0 Å². The summed E-state index contributed by atoms with van der Waals surface area (Å²) in [5, 5.41) is 7.00. The van der Waals surface area contributed by atoms with E-state index >= 15 is 0 Å². The summed E-state index contributed by atoms with van der Waals surface area (Å²) in [6.45, 7) is 2.87. The van der Waals surface area contributed by atoms with Gasteiger partial charge in [-0.25, -0.2) is 4.79 Å². The molecular weight excluding hydrogens is 354 g/mol. The number of nitrogens with one attached hydrogen (secondary N) is 1. The van der Waals surface area contributed by atoms with E-state index in [9.17, 15) is 4.79 Å². The van der Waals surface area contributed by atoms with Crippen LogP contribution in [0.15, 0.2) is 65.4 Å². The summed E-state index contributed by atoms with van der Waals surface area (Å²) >= 11 is 1.68. The molecule has 1 aromatic heterocycles. The number of alkyl carbamates (subject to hydrolysis) is 1. The van der Waals surface area contributed by atoms with Crippen molar-refractivity contribution in [2.75, 3.05) is 13.2 Å². The van der Waals surface area contributed by atoms with Crippen LogP contribution in [0.5, 0.6) is 0 Å². The van der Waals surface area contributed by atoms with E-state index in [1.165, 1.54) is 33.4 Å². The van der Waals surface area contributed by atoms with Gasteiger partial charge in [0.1, 0.15) is 6.61 Å². The van der Waals surface area contributed by atoms with Crippen LogP contribution in [0.4, 0.5) is 4.79 Å². The lowest BCUT2D eigenvalue weighted by molar-refractivity contribution is 0.144. The number of thiophene rings is 1. The number of carbonyl (C=O) groups excluding carboxylic acids is 1. The Kier molecular flexibility index (Phi) is 5.07. The Hall–Kier alpha value is -2.85. The number of benzene rings is 2. The Morgan fingerprint density at radius 2 is 1.74 bits per heavy atom. The Labute approximate surface area is 163 Å². The van der Waals surface area contributed by atoms with E-state index in [0.717, 1.165) is 0 Å². The first-order valence-corrected chi connectivity index (χ1v) is 9.96. The molecule has 1 aliphatic rings. The average Bonchev–Trinajstić information content (AvgIpc) is 3.25. The first-order valence-electron chi connectivity index (χ1n) is 9.02. The molecule has 0 bridgehead atoms. The minimum atomic E-state index is -0.386. The summed E-state index contributed by atoms with van der Waals surface area (Å²) in [5.41, 5.74) is 7.35. The monoisotopic (exact) mass is 375 g/mol. The molecule has 3 nitrogen and oxygen atoms in total. The molecule has 3 aromatic rings. The van der Waals surface area contributed by atoms with Crippen LogP contribution in [-0.4, -0.2) is 19.2 Å². The van der Waals surface area contributed by atoms with Crippen LogP contribution in [0.1, 0.15) is 28.2 Å². The van der Waals surface area contributed by atoms with E-state index in [0.29, 0.717) is 13.2 Å². The highest BCUT2D eigenvalue weighted by molar-refractivity contribution is 7.08. The smallest absolute Gasteiger partial charge is 0.407 e. The first-order chi connectivity index (χ1) is 13.2. The second-order valence-electron chi connectivity index (χ2n) is 6.62. The number of aryl methyl sites for hydroxylation is 1. The molecule has 0 unspecified atom stereocenters. The van der Waals surface area contributed by atoms with Gasteiger partial charge in [0, 0.05) is 12.5 Å². The maximum absolute atomic E-state index is 12.1. The zero-order valence-corrected chi connectivity index (χ0v) is 16.0. The molecule has 1 N–H and O–H groups in total. The molecule has 0 fully saturated rings. The van der Waals surface area contributed by atoms with Gasteiger partial charge in [-0.05, 0) is 51.1 Å². The van der Waals surface area contributed by atoms with Gasteiger partial charge in [-0.1, -0.05) is 60.7 Å². The van der Waals surface area contributed by atoms with Gasteiger partial charge in [0.25, 0.3) is 0 Å². The van der Waals surface area contributed by atoms with Gasteiger partial charge in [0.2, 0.25) is 0 Å². The maximum atomic E-state index is 12.1. The highest BCUT2D eigenvalue weighted by Gasteiger charge is 2.28. The number of hydrogen-bond donors (Lipinski definition) is 1. The summed E-state index contributed by atoms with van der Waals surface area (Å²) in [6.07, 6.45) is 3.58. The molecule has 1 heterocycles. The number of fused-ring (bicyclic) bond motifs is 3. The summed E-state index contributed by atoms with van der Waals surface area (Å²) in [4.78, 5) is 12.1. The van der Waals surface area contributed by atoms with E-state index in [4.69, 9.17) is 4.74 Å². The summed E-state index contributed by atoms with van der Waals surface area (Å²) in [6, 6.07) is 16.7. The van der Waals surface area contributed by atoms with Crippen LogP contribution < -0.4 is 5.32 Å². The van der Waals surface area contributed by atoms with Crippen LogP contribution in [0.3, 0.4) is 0 Å². The number of rotatable bonds is 5. The molecule has 4 heteroatoms. The molecule has 0 saturated carbocycles. The number of carbonyl (C=O) groups is 1. The Balaban J connectivity index is 1.35. The van der Waals surface area contributed by atoms with Crippen LogP contribution in [0, 0.1) is 6.92 Å². The summed E-state index contributed by atoms with van der Waals surface area (Å²) in [7, 11) is 0. The molecule has 0 spiro atoms. The fraction of sp³-hybridized carbons (Fsp3) is 0.174. The van der Waals surface area contributed by atoms with Crippen LogP contribution in [0.2, 0.25) is 0 Å². The molecule has 1 aliphatic carbocycles. The van der Waals surface area contributed by atoms with E-state index in [1.807, 2.05) is 36.4 Å². The third-order valence-corrected chi connectivity index (χ3v) is 5.78. The standard InChI is InChI=1S/C23H21NO2S/c1-16-14-27-15-17(16)7-6-12-24-23(25)26-13-22-20-10-4-2-8-18(20)19-9-3-5-11-21(19)22/h2-11,14-15,22H,12-13H2,1H3,(H,24,25). The van der Waals surface area contributed by atoms with Gasteiger partial charge in [0.15, 0.2) is 0 Å². The highest BCUT2D eigenvalue weighted by atomic mass is 32.1. The van der Waals surface area contributed by atoms with Crippen molar-refractivity contribution in [3.63, 3.8) is 0 Å². The zero-order chi connectivity index (χ0) is 18.6. The van der Waals surface area contributed by atoms with Crippen LogP contribution >= 0.6 is 11.3 Å². The molecule has 0 aliphatic heterocycles. The predicted octanol–water partition coefficient (Wildman–Crippen LogP) is 5.61. The third-order valence-electron chi connectivity index (χ3n) is 4.90. The van der Waals surface area contributed by atoms with E-state index < -0.39 is 0 Å². The lowest BCUT2D eigenvalue weighted by atomic mass is 9.98. The third kappa shape index (κ3) is 3.67. The molecule has 0 radical (unpaired) electrons. The minimum Gasteiger partial charge on any atom is -0.449 e. The number of hydrogen-bond acceptors (Lipinski definition) is 3. The molecule has 136 valence electrons. The van der Waals surface area contributed by atoms with E-state index in [-0.39, 0.29) is 12.0 Å². The van der Waals surface area contributed by atoms with E-state index in [2.05, 4.69) is 47.3 Å². The second kappa shape index (κ2) is 7.80. The Morgan fingerprint density at radius 3 is 2.37 bits per heavy atom. The molecule has 0 atom stereocenters. The largest absolute Gasteiger partial charge is 0.449 e. The first kappa shape index (κ1) is 17.6. The van der Waals surface area contributed by atoms with Gasteiger partial charge in [0.05, 0.1) is 0 Å². The fourth-order valence-electron chi connectivity index (χ4n) is 3.52. The van der Waals surface area contributed by atoms with Gasteiger partial charge < -0.3 is 10.1 Å². The zero-order valence-electron chi connectivity index (χ0n) is 15.1. The van der Waals surface area contributed by atoms with Crippen molar-refractivity contribution in [1.82, 2.24) is 5.32 Å². The maximum Gasteiger partial charge on any atom is 0.407 e. The minimum absolute atomic E-state index is 0.0900. The summed E-state index contributed by atoms with van der Waals surface area (Å²) < 4.78 is 5.52. The van der Waals surface area contributed by atoms with E-state index in [1.54, 1.807) is 11.3 Å². The second-order valence-corrected chi connectivity index (χ2v) is 7.36. The quantitative estimate of drug-likeness (QED) is 0.629. The molecule has 27 heavy (non-hydrogen) atoms.